The van der Waals surface area contributed by atoms with Crippen LogP contribution in [0.4, 0.5) is 0 Å². The Kier molecular flexibility index (Phi) is 6.90. The van der Waals surface area contributed by atoms with E-state index >= 15 is 0 Å². The maximum atomic E-state index is 11.5. The summed E-state index contributed by atoms with van der Waals surface area (Å²) >= 11 is 0. The van der Waals surface area contributed by atoms with Crippen LogP contribution in [0.25, 0.3) is 0 Å². The number of carbonyl (C=O) groups excluding carboxylic acids is 2. The number of rotatable bonds is 5. The predicted molar refractivity (Wildman–Crippen MR) is 68.7 cm³/mol. The van der Waals surface area contributed by atoms with Gasteiger partial charge in [-0.2, -0.15) is 0 Å². The number of ketones is 1. The van der Waals surface area contributed by atoms with Gasteiger partial charge in [0.25, 0.3) is 0 Å². The first-order valence-corrected chi connectivity index (χ1v) is 6.94. The molecule has 1 aliphatic carbocycles. The predicted octanol–water partition coefficient (Wildman–Crippen LogP) is 2.83. The standard InChI is InChI=1S/C14H25NO2/c1-12(16)9-10-14(17)15-11-13-7-5-3-2-4-6-8-13/h13H,2-11H2,1H3,(H,15,17). The van der Waals surface area contributed by atoms with E-state index in [1.807, 2.05) is 0 Å². The van der Waals surface area contributed by atoms with Gasteiger partial charge in [0.1, 0.15) is 5.78 Å². The maximum Gasteiger partial charge on any atom is 0.220 e. The van der Waals surface area contributed by atoms with E-state index in [1.54, 1.807) is 0 Å². The second-order valence-corrected chi connectivity index (χ2v) is 5.22. The van der Waals surface area contributed by atoms with Gasteiger partial charge in [0.15, 0.2) is 0 Å². The minimum atomic E-state index is 0.0299. The lowest BCUT2D eigenvalue weighted by Gasteiger charge is -2.19. The summed E-state index contributed by atoms with van der Waals surface area (Å²) in [7, 11) is 0. The zero-order valence-corrected chi connectivity index (χ0v) is 11.0. The van der Waals surface area contributed by atoms with Crippen molar-refractivity contribution < 1.29 is 9.59 Å². The summed E-state index contributed by atoms with van der Waals surface area (Å²) in [5, 5.41) is 2.96. The van der Waals surface area contributed by atoms with Crippen LogP contribution >= 0.6 is 0 Å². The molecule has 1 amide bonds. The third-order valence-electron chi connectivity index (χ3n) is 3.52. The molecule has 1 rings (SSSR count). The number of Topliss-reactive ketones (excluding diaryl/α,β-unsaturated/α-hetero) is 1. The van der Waals surface area contributed by atoms with Crippen molar-refractivity contribution in [3.05, 3.63) is 0 Å². The molecule has 1 saturated carbocycles. The molecule has 0 unspecified atom stereocenters. The highest BCUT2D eigenvalue weighted by Crippen LogP contribution is 2.21. The second-order valence-electron chi connectivity index (χ2n) is 5.22. The van der Waals surface area contributed by atoms with Crippen LogP contribution in [-0.2, 0) is 9.59 Å². The van der Waals surface area contributed by atoms with E-state index in [-0.39, 0.29) is 11.7 Å². The molecule has 0 saturated heterocycles. The Morgan fingerprint density at radius 3 is 2.18 bits per heavy atom. The van der Waals surface area contributed by atoms with E-state index in [0.29, 0.717) is 18.8 Å². The highest BCUT2D eigenvalue weighted by Gasteiger charge is 2.12. The molecule has 1 fully saturated rings. The zero-order chi connectivity index (χ0) is 12.5. The molecule has 98 valence electrons. The van der Waals surface area contributed by atoms with Gasteiger partial charge in [-0.15, -0.1) is 0 Å². The molecule has 0 radical (unpaired) electrons. The SMILES string of the molecule is CC(=O)CCC(=O)NCC1CCCCCCC1. The molecule has 0 bridgehead atoms. The van der Waals surface area contributed by atoms with E-state index in [4.69, 9.17) is 0 Å². The lowest BCUT2D eigenvalue weighted by molar-refractivity contribution is -0.124. The molecule has 3 heteroatoms. The van der Waals surface area contributed by atoms with E-state index in [0.717, 1.165) is 6.54 Å². The van der Waals surface area contributed by atoms with E-state index in [9.17, 15) is 9.59 Å². The summed E-state index contributed by atoms with van der Waals surface area (Å²) in [6.45, 7) is 2.33. The molecule has 3 nitrogen and oxygen atoms in total. The van der Waals surface area contributed by atoms with Gasteiger partial charge >= 0.3 is 0 Å². The number of amides is 1. The van der Waals surface area contributed by atoms with Crippen molar-refractivity contribution in [1.82, 2.24) is 5.32 Å². The van der Waals surface area contributed by atoms with E-state index < -0.39 is 0 Å². The first-order valence-electron chi connectivity index (χ1n) is 6.94. The molecule has 17 heavy (non-hydrogen) atoms. The molecule has 1 N–H and O–H groups in total. The Morgan fingerprint density at radius 2 is 1.59 bits per heavy atom. The lowest BCUT2D eigenvalue weighted by Crippen LogP contribution is -2.29. The quantitative estimate of drug-likeness (QED) is 0.802. The topological polar surface area (TPSA) is 46.2 Å². The molecule has 0 aromatic carbocycles. The normalized spacial score (nSPS) is 18.2. The van der Waals surface area contributed by atoms with Crippen molar-refractivity contribution >= 4 is 11.7 Å². The highest BCUT2D eigenvalue weighted by atomic mass is 16.2. The van der Waals surface area contributed by atoms with Gasteiger partial charge < -0.3 is 10.1 Å². The molecule has 0 aromatic rings. The molecule has 1 aliphatic rings. The van der Waals surface area contributed by atoms with Gasteiger partial charge in [0, 0.05) is 19.4 Å². The van der Waals surface area contributed by atoms with Crippen LogP contribution in [0.15, 0.2) is 0 Å². The molecule has 0 aliphatic heterocycles. The average molecular weight is 239 g/mol. The summed E-state index contributed by atoms with van der Waals surface area (Å²) in [5.74, 6) is 0.768. The first-order chi connectivity index (χ1) is 8.18. The molecule has 0 atom stereocenters. The minimum Gasteiger partial charge on any atom is -0.356 e. The van der Waals surface area contributed by atoms with Crippen LogP contribution in [-0.4, -0.2) is 18.2 Å². The van der Waals surface area contributed by atoms with Crippen molar-refractivity contribution in [2.45, 2.75) is 64.7 Å². The van der Waals surface area contributed by atoms with Crippen molar-refractivity contribution in [2.75, 3.05) is 6.54 Å². The van der Waals surface area contributed by atoms with Gasteiger partial charge in [-0.25, -0.2) is 0 Å². The first kappa shape index (κ1) is 14.2. The van der Waals surface area contributed by atoms with Crippen LogP contribution in [0, 0.1) is 5.92 Å². The average Bonchev–Trinajstić information content (AvgIpc) is 2.24. The molecular weight excluding hydrogens is 214 g/mol. The van der Waals surface area contributed by atoms with Crippen LogP contribution in [0.1, 0.15) is 64.7 Å². The largest absolute Gasteiger partial charge is 0.356 e. The Hall–Kier alpha value is -0.860. The molecule has 0 spiro atoms. The Labute approximate surface area is 104 Å². The van der Waals surface area contributed by atoms with Gasteiger partial charge in [0.2, 0.25) is 5.91 Å². The monoisotopic (exact) mass is 239 g/mol. The smallest absolute Gasteiger partial charge is 0.220 e. The van der Waals surface area contributed by atoms with Gasteiger partial charge in [-0.05, 0) is 25.7 Å². The fourth-order valence-corrected chi connectivity index (χ4v) is 2.38. The molecule has 0 aromatic heterocycles. The minimum absolute atomic E-state index is 0.0299. The molecular formula is C14H25NO2. The van der Waals surface area contributed by atoms with Crippen molar-refractivity contribution in [3.63, 3.8) is 0 Å². The molecule has 0 heterocycles. The fourth-order valence-electron chi connectivity index (χ4n) is 2.38. The number of carbonyl (C=O) groups is 2. The fraction of sp³-hybridized carbons (Fsp3) is 0.857. The Balaban J connectivity index is 2.14. The van der Waals surface area contributed by atoms with Gasteiger partial charge in [-0.3, -0.25) is 4.79 Å². The van der Waals surface area contributed by atoms with Crippen LogP contribution in [0.2, 0.25) is 0 Å². The second kappa shape index (κ2) is 8.26. The summed E-state index contributed by atoms with van der Waals surface area (Å²) in [5.41, 5.74) is 0. The van der Waals surface area contributed by atoms with Gasteiger partial charge in [-0.1, -0.05) is 32.1 Å². The number of nitrogens with one attached hydrogen (secondary N) is 1. The van der Waals surface area contributed by atoms with Crippen molar-refractivity contribution in [2.24, 2.45) is 5.92 Å². The van der Waals surface area contributed by atoms with Crippen molar-refractivity contribution in [1.29, 1.82) is 0 Å². The van der Waals surface area contributed by atoms with Crippen LogP contribution in [0.3, 0.4) is 0 Å². The maximum absolute atomic E-state index is 11.5. The van der Waals surface area contributed by atoms with Crippen LogP contribution < -0.4 is 5.32 Å². The van der Waals surface area contributed by atoms with Crippen molar-refractivity contribution in [3.8, 4) is 0 Å². The van der Waals surface area contributed by atoms with E-state index in [2.05, 4.69) is 5.32 Å². The summed E-state index contributed by atoms with van der Waals surface area (Å²) < 4.78 is 0. The third-order valence-corrected chi connectivity index (χ3v) is 3.52. The number of hydrogen-bond acceptors (Lipinski definition) is 2. The number of hydrogen-bond donors (Lipinski definition) is 1. The summed E-state index contributed by atoms with van der Waals surface area (Å²) in [6, 6.07) is 0. The zero-order valence-electron chi connectivity index (χ0n) is 11.0. The third kappa shape index (κ3) is 7.14. The Morgan fingerprint density at radius 1 is 1.00 bits per heavy atom. The summed E-state index contributed by atoms with van der Waals surface area (Å²) in [4.78, 5) is 22.2. The van der Waals surface area contributed by atoms with Gasteiger partial charge in [0.05, 0.1) is 0 Å². The van der Waals surface area contributed by atoms with Crippen LogP contribution in [0.5, 0.6) is 0 Å². The van der Waals surface area contributed by atoms with E-state index in [1.165, 1.54) is 51.9 Å². The highest BCUT2D eigenvalue weighted by molar-refractivity contribution is 5.83. The lowest BCUT2D eigenvalue weighted by atomic mass is 9.91. The summed E-state index contributed by atoms with van der Waals surface area (Å²) in [6.07, 6.45) is 9.86. The Bertz CT molecular complexity index is 243.